The van der Waals surface area contributed by atoms with E-state index in [0.29, 0.717) is 90.8 Å². The first-order chi connectivity index (χ1) is 29.3. The third kappa shape index (κ3) is 8.43. The summed E-state index contributed by atoms with van der Waals surface area (Å²) in [6.45, 7) is 6.34. The van der Waals surface area contributed by atoms with E-state index in [-0.39, 0.29) is 36.9 Å². The van der Waals surface area contributed by atoms with Gasteiger partial charge in [-0.2, -0.15) is 5.10 Å². The van der Waals surface area contributed by atoms with Gasteiger partial charge in [-0.1, -0.05) is 12.1 Å². The van der Waals surface area contributed by atoms with Crippen molar-refractivity contribution in [1.29, 1.82) is 0 Å². The number of nitrogens with one attached hydrogen (secondary N) is 1. The SMILES string of the molecule is O=C1CCC(n2c(=O)oc3cc(OCCOCCN4CCC(n5cc(-c6cnc7cccc(-c8cc(F)c(CN9CCOCC9)c(F)c8)c7n6)cn5)CC4)ccc32)C(=O)N1. The van der Waals surface area contributed by atoms with Gasteiger partial charge >= 0.3 is 5.76 Å². The third-order valence-electron chi connectivity index (χ3n) is 11.5. The van der Waals surface area contributed by atoms with Gasteiger partial charge in [0.05, 0.1) is 67.1 Å². The number of amides is 2. The van der Waals surface area contributed by atoms with Gasteiger partial charge in [0, 0.05) is 74.6 Å². The van der Waals surface area contributed by atoms with E-state index in [1.165, 1.54) is 16.7 Å². The number of oxazole rings is 1. The summed E-state index contributed by atoms with van der Waals surface area (Å²) in [6, 6.07) is 12.6. The monoisotopic (exact) mass is 822 g/mol. The zero-order chi connectivity index (χ0) is 41.2. The number of hydrogen-bond donors (Lipinski definition) is 1. The lowest BCUT2D eigenvalue weighted by atomic mass is 10.0. The van der Waals surface area contributed by atoms with Crippen LogP contribution in [0.3, 0.4) is 0 Å². The average molecular weight is 823 g/mol. The molecule has 312 valence electrons. The zero-order valence-electron chi connectivity index (χ0n) is 32.9. The Kier molecular flexibility index (Phi) is 11.5. The Labute approximate surface area is 342 Å². The summed E-state index contributed by atoms with van der Waals surface area (Å²) in [5, 5.41) is 6.96. The molecule has 0 aliphatic carbocycles. The van der Waals surface area contributed by atoms with Gasteiger partial charge in [-0.3, -0.25) is 34.0 Å². The molecule has 0 bridgehead atoms. The van der Waals surface area contributed by atoms with Gasteiger partial charge in [-0.05, 0) is 55.2 Å². The molecule has 6 aromatic rings. The Morgan fingerprint density at radius 2 is 1.68 bits per heavy atom. The van der Waals surface area contributed by atoms with Crippen LogP contribution in [0.5, 0.6) is 5.75 Å². The van der Waals surface area contributed by atoms with Crippen molar-refractivity contribution in [2.75, 3.05) is 65.8 Å². The minimum atomic E-state index is -0.806. The maximum absolute atomic E-state index is 15.4. The van der Waals surface area contributed by atoms with Crippen molar-refractivity contribution in [1.82, 2.24) is 39.4 Å². The highest BCUT2D eigenvalue weighted by Gasteiger charge is 2.31. The van der Waals surface area contributed by atoms with Crippen LogP contribution in [-0.4, -0.2) is 112 Å². The lowest BCUT2D eigenvalue weighted by Crippen LogP contribution is -2.43. The van der Waals surface area contributed by atoms with E-state index < -0.39 is 29.3 Å². The van der Waals surface area contributed by atoms with Crippen molar-refractivity contribution in [3.05, 3.63) is 94.9 Å². The number of likely N-dealkylation sites (tertiary alicyclic amines) is 1. The Bertz CT molecular complexity index is 2570. The van der Waals surface area contributed by atoms with Crippen LogP contribution in [-0.2, 0) is 25.6 Å². The van der Waals surface area contributed by atoms with E-state index in [1.54, 1.807) is 30.6 Å². The fraction of sp³-hybridized carbons (Fsp3) is 0.395. The second-order valence-corrected chi connectivity index (χ2v) is 15.3. The molecule has 3 aliphatic rings. The molecule has 60 heavy (non-hydrogen) atoms. The maximum Gasteiger partial charge on any atom is 0.420 e. The molecule has 1 N–H and O–H groups in total. The van der Waals surface area contributed by atoms with Gasteiger partial charge < -0.3 is 23.5 Å². The van der Waals surface area contributed by atoms with Crippen molar-refractivity contribution in [3.8, 4) is 28.1 Å². The topological polar surface area (TPSA) is 159 Å². The normalized spacial score (nSPS) is 18.4. The number of rotatable bonds is 13. The number of halogens is 2. The number of para-hydroxylation sites is 1. The summed E-state index contributed by atoms with van der Waals surface area (Å²) in [5.74, 6) is -2.21. The van der Waals surface area contributed by atoms with Crippen LogP contribution < -0.4 is 15.8 Å². The highest BCUT2D eigenvalue weighted by Crippen LogP contribution is 2.32. The quantitative estimate of drug-likeness (QED) is 0.124. The fourth-order valence-corrected chi connectivity index (χ4v) is 8.22. The van der Waals surface area contributed by atoms with Gasteiger partial charge in [0.25, 0.3) is 0 Å². The number of aromatic nitrogens is 5. The van der Waals surface area contributed by atoms with Crippen LogP contribution >= 0.6 is 0 Å². The molecule has 0 spiro atoms. The van der Waals surface area contributed by atoms with Gasteiger partial charge in [0.15, 0.2) is 5.58 Å². The van der Waals surface area contributed by atoms with E-state index in [2.05, 4.69) is 20.3 Å². The molecule has 6 heterocycles. The van der Waals surface area contributed by atoms with Crippen LogP contribution in [0.4, 0.5) is 8.78 Å². The molecule has 3 fully saturated rings. The smallest absolute Gasteiger partial charge is 0.420 e. The van der Waals surface area contributed by atoms with Crippen LogP contribution in [0.2, 0.25) is 0 Å². The first-order valence-corrected chi connectivity index (χ1v) is 20.3. The highest BCUT2D eigenvalue weighted by molar-refractivity contribution is 6.00. The molecule has 1 atom stereocenters. The summed E-state index contributed by atoms with van der Waals surface area (Å²) < 4.78 is 56.5. The van der Waals surface area contributed by atoms with Gasteiger partial charge in [-0.25, -0.2) is 18.6 Å². The summed E-state index contributed by atoms with van der Waals surface area (Å²) in [6.07, 6.45) is 7.69. The van der Waals surface area contributed by atoms with E-state index >= 15 is 8.78 Å². The largest absolute Gasteiger partial charge is 0.491 e. The lowest BCUT2D eigenvalue weighted by molar-refractivity contribution is -0.135. The summed E-state index contributed by atoms with van der Waals surface area (Å²) in [7, 11) is 0. The molecule has 1 unspecified atom stereocenters. The number of hydrogen-bond acceptors (Lipinski definition) is 12. The minimum Gasteiger partial charge on any atom is -0.491 e. The van der Waals surface area contributed by atoms with E-state index in [0.717, 1.165) is 38.0 Å². The standard InChI is InChI=1S/C43H44F2N8O7/c44-33-20-27(21-34(45)32(33)26-51-13-16-57-17-14-51)31-2-1-3-35-41(31)48-36(24-46-35)28-23-47-52(25-28)29-8-10-50(11-9-29)12-15-58-18-19-59-30-4-5-37-39(22-30)60-43(56)53(37)38-6-7-40(54)49-42(38)55/h1-5,20-25,29,38H,6-19,26H2,(H,49,54,55). The summed E-state index contributed by atoms with van der Waals surface area (Å²) in [4.78, 5) is 50.4. The van der Waals surface area contributed by atoms with Crippen molar-refractivity contribution in [3.63, 3.8) is 0 Å². The predicted octanol–water partition coefficient (Wildman–Crippen LogP) is 4.89. The summed E-state index contributed by atoms with van der Waals surface area (Å²) >= 11 is 0. The van der Waals surface area contributed by atoms with Crippen molar-refractivity contribution >= 4 is 33.9 Å². The number of imide groups is 1. The second-order valence-electron chi connectivity index (χ2n) is 15.3. The van der Waals surface area contributed by atoms with Gasteiger partial charge in [0.1, 0.15) is 30.0 Å². The van der Waals surface area contributed by atoms with Gasteiger partial charge in [-0.15, -0.1) is 0 Å². The first-order valence-electron chi connectivity index (χ1n) is 20.3. The lowest BCUT2D eigenvalue weighted by Gasteiger charge is -2.31. The molecular formula is C43H44F2N8O7. The average Bonchev–Trinajstić information content (AvgIpc) is 3.88. The van der Waals surface area contributed by atoms with Crippen LogP contribution in [0.15, 0.2) is 76.3 Å². The van der Waals surface area contributed by atoms with E-state index in [1.807, 2.05) is 34.0 Å². The number of carbonyl (C=O) groups excluding carboxylic acids is 2. The summed E-state index contributed by atoms with van der Waals surface area (Å²) in [5.41, 5.74) is 4.43. The number of nitrogens with zero attached hydrogens (tertiary/aromatic N) is 7. The van der Waals surface area contributed by atoms with Gasteiger partial charge in [0.2, 0.25) is 11.8 Å². The maximum atomic E-state index is 15.4. The first kappa shape index (κ1) is 39.6. The Morgan fingerprint density at radius 1 is 0.867 bits per heavy atom. The van der Waals surface area contributed by atoms with Crippen molar-refractivity contribution in [2.45, 2.75) is 44.3 Å². The number of morpholine rings is 1. The minimum absolute atomic E-state index is 0.0514. The third-order valence-corrected chi connectivity index (χ3v) is 11.5. The highest BCUT2D eigenvalue weighted by atomic mass is 19.1. The Balaban J connectivity index is 0.751. The molecule has 17 heteroatoms. The van der Waals surface area contributed by atoms with E-state index in [4.69, 9.17) is 23.6 Å². The Morgan fingerprint density at radius 3 is 2.48 bits per heavy atom. The van der Waals surface area contributed by atoms with Crippen LogP contribution in [0, 0.1) is 11.6 Å². The molecule has 0 radical (unpaired) electrons. The molecule has 3 aliphatic heterocycles. The number of ether oxygens (including phenoxy) is 3. The molecule has 9 rings (SSSR count). The van der Waals surface area contributed by atoms with Crippen LogP contribution in [0.25, 0.3) is 44.5 Å². The molecule has 0 saturated carbocycles. The molecule has 2 amide bonds. The Hall–Kier alpha value is -5.88. The molecule has 15 nitrogen and oxygen atoms in total. The second kappa shape index (κ2) is 17.4. The number of fused-ring (bicyclic) bond motifs is 2. The molecule has 3 saturated heterocycles. The number of carbonyl (C=O) groups is 2. The predicted molar refractivity (Wildman–Crippen MR) is 215 cm³/mol. The van der Waals surface area contributed by atoms with Crippen molar-refractivity contribution in [2.24, 2.45) is 0 Å². The molecule has 3 aromatic heterocycles. The van der Waals surface area contributed by atoms with Crippen LogP contribution in [0.1, 0.15) is 43.3 Å². The molecular weight excluding hydrogens is 779 g/mol. The molecule has 3 aromatic carbocycles. The zero-order valence-corrected chi connectivity index (χ0v) is 32.9. The van der Waals surface area contributed by atoms with Crippen molar-refractivity contribution < 1.29 is 37.0 Å². The number of benzene rings is 3. The number of piperidine rings is 2. The van der Waals surface area contributed by atoms with E-state index in [9.17, 15) is 14.4 Å². The fourth-order valence-electron chi connectivity index (χ4n) is 8.22.